The molecule has 2 N–H and O–H groups in total. The first-order valence-electron chi connectivity index (χ1n) is 8.71. The zero-order valence-electron chi connectivity index (χ0n) is 15.1. The van der Waals surface area contributed by atoms with Crippen molar-refractivity contribution in [1.29, 1.82) is 0 Å². The maximum absolute atomic E-state index is 13.2. The quantitative estimate of drug-likeness (QED) is 0.691. The van der Waals surface area contributed by atoms with Crippen molar-refractivity contribution in [3.05, 3.63) is 60.5 Å². The fraction of sp³-hybridized carbons (Fsp3) is 0.190. The highest BCUT2D eigenvalue weighted by Gasteiger charge is 2.17. The van der Waals surface area contributed by atoms with Crippen LogP contribution >= 0.6 is 0 Å². The molecule has 27 heavy (non-hydrogen) atoms. The van der Waals surface area contributed by atoms with Crippen LogP contribution < -0.4 is 5.32 Å². The second-order valence-electron chi connectivity index (χ2n) is 6.30. The number of halogens is 1. The predicted molar refractivity (Wildman–Crippen MR) is 103 cm³/mol. The van der Waals surface area contributed by atoms with Crippen molar-refractivity contribution < 1.29 is 14.3 Å². The highest BCUT2D eigenvalue weighted by atomic mass is 19.1. The molecule has 1 amide bonds. The molecule has 1 aromatic heterocycles. The molecule has 5 nitrogen and oxygen atoms in total. The fourth-order valence-electron chi connectivity index (χ4n) is 2.49. The van der Waals surface area contributed by atoms with Gasteiger partial charge < -0.3 is 10.4 Å². The molecule has 0 spiro atoms. The lowest BCUT2D eigenvalue weighted by atomic mass is 10.1. The molecule has 0 radical (unpaired) electrons. The molecular weight excluding hydrogens is 345 g/mol. The summed E-state index contributed by atoms with van der Waals surface area (Å²) >= 11 is 0. The van der Waals surface area contributed by atoms with Gasteiger partial charge in [0.15, 0.2) is 5.82 Å². The number of amides is 1. The first kappa shape index (κ1) is 18.5. The molecule has 3 aromatic rings. The number of anilines is 1. The Morgan fingerprint density at radius 2 is 1.74 bits per heavy atom. The van der Waals surface area contributed by atoms with Crippen molar-refractivity contribution in [2.24, 2.45) is 5.92 Å². The van der Waals surface area contributed by atoms with E-state index in [1.165, 1.54) is 12.1 Å². The Bertz CT molecular complexity index is 941. The molecule has 138 valence electrons. The number of benzene rings is 2. The van der Waals surface area contributed by atoms with Gasteiger partial charge in [-0.1, -0.05) is 13.8 Å². The van der Waals surface area contributed by atoms with Gasteiger partial charge in [0.2, 0.25) is 5.91 Å². The molecule has 0 saturated heterocycles. The highest BCUT2D eigenvalue weighted by molar-refractivity contribution is 5.94. The van der Waals surface area contributed by atoms with Gasteiger partial charge in [0.25, 0.3) is 0 Å². The maximum Gasteiger partial charge on any atom is 0.228 e. The van der Waals surface area contributed by atoms with Gasteiger partial charge in [-0.3, -0.25) is 4.79 Å². The molecule has 3 rings (SSSR count). The van der Waals surface area contributed by atoms with Crippen LogP contribution in [0.25, 0.3) is 22.5 Å². The fourth-order valence-corrected chi connectivity index (χ4v) is 2.49. The van der Waals surface area contributed by atoms with Gasteiger partial charge in [0.05, 0.1) is 11.9 Å². The second-order valence-corrected chi connectivity index (χ2v) is 6.30. The van der Waals surface area contributed by atoms with Gasteiger partial charge in [0.1, 0.15) is 17.3 Å². The van der Waals surface area contributed by atoms with Crippen LogP contribution in [-0.4, -0.2) is 21.0 Å². The zero-order chi connectivity index (χ0) is 19.4. The lowest BCUT2D eigenvalue weighted by molar-refractivity contribution is -0.119. The summed E-state index contributed by atoms with van der Waals surface area (Å²) in [6.45, 7) is 3.78. The van der Waals surface area contributed by atoms with Gasteiger partial charge in [-0.15, -0.1) is 0 Å². The third-order valence-electron chi connectivity index (χ3n) is 4.35. The molecule has 0 bridgehead atoms. The summed E-state index contributed by atoms with van der Waals surface area (Å²) in [5.74, 6) is -0.149. The van der Waals surface area contributed by atoms with Gasteiger partial charge in [0, 0.05) is 17.0 Å². The van der Waals surface area contributed by atoms with Gasteiger partial charge >= 0.3 is 0 Å². The van der Waals surface area contributed by atoms with Crippen molar-refractivity contribution >= 4 is 11.7 Å². The third kappa shape index (κ3) is 4.28. The minimum atomic E-state index is -0.331. The molecule has 1 heterocycles. The number of hydrogen-bond donors (Lipinski definition) is 2. The number of aromatic nitrogens is 2. The molecule has 6 heteroatoms. The summed E-state index contributed by atoms with van der Waals surface area (Å²) in [5.41, 5.74) is 2.44. The monoisotopic (exact) mass is 365 g/mol. The normalized spacial score (nSPS) is 11.8. The topological polar surface area (TPSA) is 75.1 Å². The molecule has 2 aromatic carbocycles. The first-order chi connectivity index (χ1) is 13.0. The Morgan fingerprint density at radius 3 is 2.37 bits per heavy atom. The van der Waals surface area contributed by atoms with Crippen molar-refractivity contribution in [1.82, 2.24) is 9.97 Å². The number of nitrogens with zero attached hydrogens (tertiary/aromatic N) is 2. The number of carbonyl (C=O) groups is 1. The molecular formula is C21H20FN3O2. The van der Waals surface area contributed by atoms with Crippen molar-refractivity contribution in [2.45, 2.75) is 20.3 Å². The Balaban J connectivity index is 2.06. The average molecular weight is 365 g/mol. The van der Waals surface area contributed by atoms with E-state index in [0.717, 1.165) is 0 Å². The Hall–Kier alpha value is -3.28. The molecule has 0 fully saturated rings. The highest BCUT2D eigenvalue weighted by Crippen LogP contribution is 2.29. The van der Waals surface area contributed by atoms with E-state index in [4.69, 9.17) is 0 Å². The van der Waals surface area contributed by atoms with Crippen LogP contribution in [0.3, 0.4) is 0 Å². The van der Waals surface area contributed by atoms with Crippen LogP contribution in [0.2, 0.25) is 0 Å². The summed E-state index contributed by atoms with van der Waals surface area (Å²) in [6, 6.07) is 12.4. The van der Waals surface area contributed by atoms with Crippen LogP contribution in [0.5, 0.6) is 5.75 Å². The van der Waals surface area contributed by atoms with Gasteiger partial charge in [-0.25, -0.2) is 14.4 Å². The lowest BCUT2D eigenvalue weighted by Gasteiger charge is -2.14. The molecule has 1 atom stereocenters. The molecule has 1 unspecified atom stereocenters. The molecule has 0 saturated carbocycles. The number of carbonyl (C=O) groups excluding carboxylic acids is 1. The maximum atomic E-state index is 13.2. The van der Waals surface area contributed by atoms with E-state index < -0.39 is 0 Å². The van der Waals surface area contributed by atoms with Crippen molar-refractivity contribution in [3.63, 3.8) is 0 Å². The van der Waals surface area contributed by atoms with E-state index in [1.54, 1.807) is 42.6 Å². The second kappa shape index (κ2) is 7.95. The van der Waals surface area contributed by atoms with E-state index >= 15 is 0 Å². The number of nitrogens with one attached hydrogen (secondary N) is 1. The summed E-state index contributed by atoms with van der Waals surface area (Å²) < 4.78 is 13.2. The van der Waals surface area contributed by atoms with Gasteiger partial charge in [-0.2, -0.15) is 0 Å². The molecule has 0 aliphatic heterocycles. The summed E-state index contributed by atoms with van der Waals surface area (Å²) in [6.07, 6.45) is 2.25. The van der Waals surface area contributed by atoms with E-state index in [0.29, 0.717) is 34.8 Å². The van der Waals surface area contributed by atoms with Crippen LogP contribution in [0.1, 0.15) is 20.3 Å². The van der Waals surface area contributed by atoms with Crippen molar-refractivity contribution in [2.75, 3.05) is 5.32 Å². The largest absolute Gasteiger partial charge is 0.508 e. The van der Waals surface area contributed by atoms with Crippen LogP contribution in [0, 0.1) is 11.7 Å². The van der Waals surface area contributed by atoms with Gasteiger partial charge in [-0.05, 0) is 55.0 Å². The number of rotatable bonds is 5. The summed E-state index contributed by atoms with van der Waals surface area (Å²) in [7, 11) is 0. The van der Waals surface area contributed by atoms with E-state index in [1.807, 2.05) is 13.8 Å². The SMILES string of the molecule is CCC(C)C(=O)Nc1ncc(-c2ccc(F)cc2)nc1-c1ccc(O)cc1. The van der Waals surface area contributed by atoms with Crippen LogP contribution in [0.15, 0.2) is 54.7 Å². The zero-order valence-corrected chi connectivity index (χ0v) is 15.1. The van der Waals surface area contributed by atoms with E-state index in [2.05, 4.69) is 15.3 Å². The van der Waals surface area contributed by atoms with E-state index in [9.17, 15) is 14.3 Å². The molecule has 0 aliphatic carbocycles. The standard InChI is InChI=1S/C21H20FN3O2/c1-3-13(2)21(27)25-20-19(15-6-10-17(26)11-7-15)24-18(12-23-20)14-4-8-16(22)9-5-14/h4-13,26H,3H2,1-2H3,(H,23,25,27). The number of phenolic OH excluding ortho intramolecular Hbond substituents is 1. The van der Waals surface area contributed by atoms with Crippen LogP contribution in [0.4, 0.5) is 10.2 Å². The Morgan fingerprint density at radius 1 is 1.11 bits per heavy atom. The lowest BCUT2D eigenvalue weighted by Crippen LogP contribution is -2.21. The van der Waals surface area contributed by atoms with Crippen LogP contribution in [-0.2, 0) is 4.79 Å². The minimum Gasteiger partial charge on any atom is -0.508 e. The predicted octanol–water partition coefficient (Wildman–Crippen LogP) is 4.64. The van der Waals surface area contributed by atoms with Crippen molar-refractivity contribution in [3.8, 4) is 28.3 Å². The number of hydrogen-bond acceptors (Lipinski definition) is 4. The summed E-state index contributed by atoms with van der Waals surface area (Å²) in [5, 5.41) is 12.4. The Kier molecular flexibility index (Phi) is 5.45. The average Bonchev–Trinajstić information content (AvgIpc) is 2.69. The van der Waals surface area contributed by atoms with E-state index in [-0.39, 0.29) is 23.4 Å². The molecule has 0 aliphatic rings. The number of aromatic hydroxyl groups is 1. The third-order valence-corrected chi connectivity index (χ3v) is 4.35. The Labute approximate surface area is 156 Å². The first-order valence-corrected chi connectivity index (χ1v) is 8.71. The minimum absolute atomic E-state index is 0.131. The number of phenols is 1. The smallest absolute Gasteiger partial charge is 0.228 e. The summed E-state index contributed by atoms with van der Waals surface area (Å²) in [4.78, 5) is 21.3.